The summed E-state index contributed by atoms with van der Waals surface area (Å²) in [4.78, 5) is 27.7. The summed E-state index contributed by atoms with van der Waals surface area (Å²) in [5.41, 5.74) is -1.30. The van der Waals surface area contributed by atoms with E-state index >= 15 is 0 Å². The predicted octanol–water partition coefficient (Wildman–Crippen LogP) is 3.46. The number of hydrogen-bond donors (Lipinski definition) is 1. The maximum Gasteiger partial charge on any atom is 0.266 e. The van der Waals surface area contributed by atoms with Crippen molar-refractivity contribution in [1.82, 2.24) is 0 Å². The number of ketones is 1. The largest absolute Gasteiger partial charge is 0.373 e. The third-order valence-electron chi connectivity index (χ3n) is 4.28. The van der Waals surface area contributed by atoms with Crippen LogP contribution in [-0.2, 0) is 16.0 Å². The van der Waals surface area contributed by atoms with Crippen molar-refractivity contribution in [3.05, 3.63) is 51.7 Å². The molecule has 2 heterocycles. The first-order valence-electron chi connectivity index (χ1n) is 7.86. The Morgan fingerprint density at radius 2 is 2.17 bits per heavy atom. The van der Waals surface area contributed by atoms with E-state index in [1.165, 1.54) is 9.78 Å². The lowest BCUT2D eigenvalue weighted by Gasteiger charge is -2.21. The summed E-state index contributed by atoms with van der Waals surface area (Å²) in [5.74, 6) is -0.945. The van der Waals surface area contributed by atoms with E-state index in [1.807, 2.05) is 17.5 Å². The molecular weight excluding hydrogens is 346 g/mol. The first-order chi connectivity index (χ1) is 11.5. The van der Waals surface area contributed by atoms with Crippen LogP contribution < -0.4 is 4.90 Å². The summed E-state index contributed by atoms with van der Waals surface area (Å²) in [6.45, 7) is 0.312. The molecule has 1 aliphatic heterocycles. The van der Waals surface area contributed by atoms with Gasteiger partial charge >= 0.3 is 0 Å². The quantitative estimate of drug-likeness (QED) is 0.799. The molecule has 0 unspecified atom stereocenters. The van der Waals surface area contributed by atoms with E-state index in [4.69, 9.17) is 11.6 Å². The maximum atomic E-state index is 12.6. The first kappa shape index (κ1) is 17.1. The van der Waals surface area contributed by atoms with Crippen LogP contribution in [0.15, 0.2) is 41.8 Å². The Kier molecular flexibility index (Phi) is 5.04. The van der Waals surface area contributed by atoms with E-state index in [0.717, 1.165) is 6.42 Å². The van der Waals surface area contributed by atoms with Crippen LogP contribution in [-0.4, -0.2) is 28.9 Å². The number of hydrogen-bond acceptors (Lipinski definition) is 4. The van der Waals surface area contributed by atoms with Gasteiger partial charge in [-0.05, 0) is 42.5 Å². The highest BCUT2D eigenvalue weighted by Crippen LogP contribution is 2.31. The Bertz CT molecular complexity index is 746. The zero-order valence-corrected chi connectivity index (χ0v) is 14.6. The molecule has 1 atom stereocenters. The molecule has 0 aliphatic carbocycles. The second-order valence-corrected chi connectivity index (χ2v) is 7.37. The average Bonchev–Trinajstić information content (AvgIpc) is 3.17. The van der Waals surface area contributed by atoms with Gasteiger partial charge in [0, 0.05) is 35.0 Å². The SMILES string of the molecule is O=C(CCCc1cccs1)[C@]1(O)CCN(c2cccc(Cl)c2)C1=O. The second kappa shape index (κ2) is 7.05. The summed E-state index contributed by atoms with van der Waals surface area (Å²) >= 11 is 7.60. The van der Waals surface area contributed by atoms with E-state index in [0.29, 0.717) is 23.7 Å². The molecule has 1 saturated heterocycles. The molecule has 1 N–H and O–H groups in total. The third-order valence-corrected chi connectivity index (χ3v) is 5.46. The molecule has 1 amide bonds. The van der Waals surface area contributed by atoms with Gasteiger partial charge in [-0.15, -0.1) is 11.3 Å². The standard InChI is InChI=1S/C18H18ClNO3S/c19-13-4-1-5-14(12-13)20-10-9-18(23,17(20)22)16(21)8-2-6-15-7-3-11-24-15/h1,3-5,7,11-12,23H,2,6,8-10H2/t18-/m1/s1. The van der Waals surface area contributed by atoms with E-state index < -0.39 is 17.3 Å². The van der Waals surface area contributed by atoms with Crippen LogP contribution in [0.5, 0.6) is 0 Å². The molecule has 24 heavy (non-hydrogen) atoms. The van der Waals surface area contributed by atoms with Crippen molar-refractivity contribution >= 4 is 40.3 Å². The van der Waals surface area contributed by atoms with E-state index in [-0.39, 0.29) is 12.8 Å². The van der Waals surface area contributed by atoms with Crippen molar-refractivity contribution in [2.24, 2.45) is 0 Å². The summed E-state index contributed by atoms with van der Waals surface area (Å²) < 4.78 is 0. The molecule has 4 nitrogen and oxygen atoms in total. The lowest BCUT2D eigenvalue weighted by Crippen LogP contribution is -2.46. The fourth-order valence-electron chi connectivity index (χ4n) is 2.94. The molecule has 1 aliphatic rings. The van der Waals surface area contributed by atoms with Gasteiger partial charge in [0.25, 0.3) is 5.91 Å². The lowest BCUT2D eigenvalue weighted by molar-refractivity contribution is -0.147. The van der Waals surface area contributed by atoms with Gasteiger partial charge in [0.2, 0.25) is 5.60 Å². The number of aryl methyl sites for hydroxylation is 1. The Morgan fingerprint density at radius 1 is 1.33 bits per heavy atom. The highest BCUT2D eigenvalue weighted by Gasteiger charge is 2.50. The number of amides is 1. The number of anilines is 1. The van der Waals surface area contributed by atoms with Gasteiger partial charge in [-0.2, -0.15) is 0 Å². The number of rotatable bonds is 6. The minimum atomic E-state index is -1.90. The van der Waals surface area contributed by atoms with Crippen LogP contribution in [0.3, 0.4) is 0 Å². The molecule has 3 rings (SSSR count). The summed E-state index contributed by atoms with van der Waals surface area (Å²) in [7, 11) is 0. The molecule has 126 valence electrons. The van der Waals surface area contributed by atoms with Gasteiger partial charge in [0.05, 0.1) is 0 Å². The second-order valence-electron chi connectivity index (χ2n) is 5.90. The predicted molar refractivity (Wildman–Crippen MR) is 95.6 cm³/mol. The fourth-order valence-corrected chi connectivity index (χ4v) is 3.87. The number of halogens is 1. The molecule has 1 aromatic heterocycles. The maximum absolute atomic E-state index is 12.6. The Hall–Kier alpha value is -1.69. The van der Waals surface area contributed by atoms with Gasteiger partial charge in [0.1, 0.15) is 0 Å². The molecule has 2 aromatic rings. The normalized spacial score (nSPS) is 20.6. The third kappa shape index (κ3) is 3.38. The minimum Gasteiger partial charge on any atom is -0.373 e. The number of thiophene rings is 1. The van der Waals surface area contributed by atoms with Gasteiger partial charge in [-0.1, -0.05) is 23.7 Å². The number of carbonyl (C=O) groups is 2. The van der Waals surface area contributed by atoms with Crippen LogP contribution >= 0.6 is 22.9 Å². The number of carbonyl (C=O) groups excluding carboxylic acids is 2. The number of nitrogens with zero attached hydrogens (tertiary/aromatic N) is 1. The number of benzene rings is 1. The molecule has 1 aromatic carbocycles. The number of Topliss-reactive ketones (excluding diaryl/α,β-unsaturated/α-hetero) is 1. The Balaban J connectivity index is 1.64. The zero-order valence-electron chi connectivity index (χ0n) is 13.1. The molecule has 0 radical (unpaired) electrons. The molecule has 1 fully saturated rings. The topological polar surface area (TPSA) is 57.6 Å². The summed E-state index contributed by atoms with van der Waals surface area (Å²) in [6, 6.07) is 10.9. The van der Waals surface area contributed by atoms with Crippen LogP contribution in [0.4, 0.5) is 5.69 Å². The van der Waals surface area contributed by atoms with Crippen molar-refractivity contribution in [3.63, 3.8) is 0 Å². The molecule has 0 bridgehead atoms. The minimum absolute atomic E-state index is 0.121. The molecule has 6 heteroatoms. The van der Waals surface area contributed by atoms with Crippen molar-refractivity contribution < 1.29 is 14.7 Å². The van der Waals surface area contributed by atoms with E-state index in [2.05, 4.69) is 0 Å². The van der Waals surface area contributed by atoms with E-state index in [9.17, 15) is 14.7 Å². The van der Waals surface area contributed by atoms with Crippen molar-refractivity contribution in [1.29, 1.82) is 0 Å². The smallest absolute Gasteiger partial charge is 0.266 e. The Labute approximate surface area is 149 Å². The highest BCUT2D eigenvalue weighted by molar-refractivity contribution is 7.09. The van der Waals surface area contributed by atoms with Gasteiger partial charge in [-0.25, -0.2) is 0 Å². The lowest BCUT2D eigenvalue weighted by atomic mass is 9.93. The van der Waals surface area contributed by atoms with Crippen LogP contribution in [0.2, 0.25) is 5.02 Å². The Morgan fingerprint density at radius 3 is 2.88 bits per heavy atom. The highest BCUT2D eigenvalue weighted by atomic mass is 35.5. The van der Waals surface area contributed by atoms with Gasteiger partial charge in [-0.3, -0.25) is 9.59 Å². The monoisotopic (exact) mass is 363 g/mol. The molecule has 0 spiro atoms. The molecule has 0 saturated carbocycles. The number of aliphatic hydroxyl groups is 1. The summed E-state index contributed by atoms with van der Waals surface area (Å²) in [6.07, 6.45) is 1.73. The fraction of sp³-hybridized carbons (Fsp3) is 0.333. The van der Waals surface area contributed by atoms with Crippen molar-refractivity contribution in [2.75, 3.05) is 11.4 Å². The van der Waals surface area contributed by atoms with Crippen molar-refractivity contribution in [2.45, 2.75) is 31.3 Å². The average molecular weight is 364 g/mol. The first-order valence-corrected chi connectivity index (χ1v) is 9.12. The molecular formula is C18H18ClNO3S. The van der Waals surface area contributed by atoms with Gasteiger partial charge < -0.3 is 10.0 Å². The zero-order chi connectivity index (χ0) is 17.2. The van der Waals surface area contributed by atoms with Crippen LogP contribution in [0, 0.1) is 0 Å². The van der Waals surface area contributed by atoms with Gasteiger partial charge in [0.15, 0.2) is 5.78 Å². The van der Waals surface area contributed by atoms with E-state index in [1.54, 1.807) is 35.6 Å². The van der Waals surface area contributed by atoms with Crippen LogP contribution in [0.25, 0.3) is 0 Å². The van der Waals surface area contributed by atoms with Crippen LogP contribution in [0.1, 0.15) is 24.1 Å². The van der Waals surface area contributed by atoms with Crippen molar-refractivity contribution in [3.8, 4) is 0 Å². The summed E-state index contributed by atoms with van der Waals surface area (Å²) in [5, 5.41) is 13.1.